The van der Waals surface area contributed by atoms with Crippen LogP contribution in [0.1, 0.15) is 15.9 Å². The van der Waals surface area contributed by atoms with Gasteiger partial charge in [-0.1, -0.05) is 65.7 Å². The van der Waals surface area contributed by atoms with Crippen molar-refractivity contribution in [3.8, 4) is 0 Å². The van der Waals surface area contributed by atoms with E-state index in [-0.39, 0.29) is 5.78 Å². The number of halogens is 2. The summed E-state index contributed by atoms with van der Waals surface area (Å²) in [5.74, 6) is -0.170. The molecule has 2 amide bonds. The maximum atomic E-state index is 12.7. The molecule has 0 aliphatic rings. The topological polar surface area (TPSA) is 58.2 Å². The van der Waals surface area contributed by atoms with Gasteiger partial charge in [-0.15, -0.1) is 0 Å². The quantitative estimate of drug-likeness (QED) is 0.552. The Morgan fingerprint density at radius 3 is 2.15 bits per heavy atom. The molecular weight excluding hydrogens is 371 g/mol. The predicted octanol–water partition coefficient (Wildman–Crippen LogP) is 5.87. The van der Waals surface area contributed by atoms with E-state index in [2.05, 4.69) is 10.6 Å². The molecule has 3 aromatic carbocycles. The fraction of sp³-hybridized carbons (Fsp3) is 0. The molecule has 4 nitrogen and oxygen atoms in total. The summed E-state index contributed by atoms with van der Waals surface area (Å²) in [6.07, 6.45) is 0. The number of benzene rings is 3. The first kappa shape index (κ1) is 18.0. The van der Waals surface area contributed by atoms with Crippen molar-refractivity contribution in [2.24, 2.45) is 0 Å². The summed E-state index contributed by atoms with van der Waals surface area (Å²) in [4.78, 5) is 25.0. The Bertz CT molecular complexity index is 959. The maximum absolute atomic E-state index is 12.7. The van der Waals surface area contributed by atoms with E-state index >= 15 is 0 Å². The summed E-state index contributed by atoms with van der Waals surface area (Å²) in [5.41, 5.74) is 1.86. The lowest BCUT2D eigenvalue weighted by Crippen LogP contribution is -2.21. The molecule has 0 radical (unpaired) electrons. The molecule has 0 spiro atoms. The zero-order valence-electron chi connectivity index (χ0n) is 13.5. The number of hydrogen-bond donors (Lipinski definition) is 2. The van der Waals surface area contributed by atoms with Crippen molar-refractivity contribution < 1.29 is 9.59 Å². The minimum atomic E-state index is -0.489. The van der Waals surface area contributed by atoms with Crippen LogP contribution in [0.2, 0.25) is 10.0 Å². The van der Waals surface area contributed by atoms with Crippen molar-refractivity contribution in [1.82, 2.24) is 0 Å². The normalized spacial score (nSPS) is 10.2. The van der Waals surface area contributed by atoms with Gasteiger partial charge in [-0.2, -0.15) is 0 Å². The molecule has 6 heteroatoms. The van der Waals surface area contributed by atoms with Crippen LogP contribution in [0.3, 0.4) is 0 Å². The van der Waals surface area contributed by atoms with Gasteiger partial charge in [0.25, 0.3) is 0 Å². The van der Waals surface area contributed by atoms with Gasteiger partial charge in [0.2, 0.25) is 0 Å². The van der Waals surface area contributed by atoms with E-state index in [4.69, 9.17) is 23.2 Å². The van der Waals surface area contributed by atoms with Gasteiger partial charge in [-0.05, 0) is 30.3 Å². The predicted molar refractivity (Wildman–Crippen MR) is 105 cm³/mol. The minimum Gasteiger partial charge on any atom is -0.308 e. The van der Waals surface area contributed by atoms with Crippen molar-refractivity contribution in [1.29, 1.82) is 0 Å². The van der Waals surface area contributed by atoms with E-state index in [0.29, 0.717) is 32.5 Å². The standard InChI is InChI=1S/C20H14Cl2N2O2/c21-16-11-10-14(12-17(16)22)23-20(26)24-18-9-5-4-8-15(18)19(25)13-6-2-1-3-7-13/h1-12H,(H2,23,24,26). The number of amides is 2. The molecule has 0 fully saturated rings. The van der Waals surface area contributed by atoms with Gasteiger partial charge in [-0.25, -0.2) is 4.79 Å². The lowest BCUT2D eigenvalue weighted by molar-refractivity contribution is 0.103. The van der Waals surface area contributed by atoms with Crippen LogP contribution >= 0.6 is 23.2 Å². The molecule has 130 valence electrons. The highest BCUT2D eigenvalue weighted by Gasteiger charge is 2.15. The lowest BCUT2D eigenvalue weighted by atomic mass is 10.0. The lowest BCUT2D eigenvalue weighted by Gasteiger charge is -2.12. The van der Waals surface area contributed by atoms with E-state index in [1.54, 1.807) is 66.7 Å². The molecule has 0 aliphatic heterocycles. The van der Waals surface area contributed by atoms with Crippen LogP contribution < -0.4 is 10.6 Å². The second kappa shape index (κ2) is 8.04. The third-order valence-corrected chi connectivity index (χ3v) is 4.37. The molecule has 2 N–H and O–H groups in total. The number of urea groups is 1. The number of para-hydroxylation sites is 1. The van der Waals surface area contributed by atoms with Crippen molar-refractivity contribution in [2.45, 2.75) is 0 Å². The molecular formula is C20H14Cl2N2O2. The van der Waals surface area contributed by atoms with E-state index in [1.807, 2.05) is 6.07 Å². The molecule has 3 aromatic rings. The first-order chi connectivity index (χ1) is 12.5. The average Bonchev–Trinajstić information content (AvgIpc) is 2.65. The number of carbonyl (C=O) groups excluding carboxylic acids is 2. The highest BCUT2D eigenvalue weighted by atomic mass is 35.5. The Morgan fingerprint density at radius 2 is 1.42 bits per heavy atom. The summed E-state index contributed by atoms with van der Waals surface area (Å²) in [6, 6.07) is 20.0. The summed E-state index contributed by atoms with van der Waals surface area (Å²) in [7, 11) is 0. The average molecular weight is 385 g/mol. The zero-order valence-corrected chi connectivity index (χ0v) is 15.0. The van der Waals surface area contributed by atoms with Crippen molar-refractivity contribution in [2.75, 3.05) is 10.6 Å². The van der Waals surface area contributed by atoms with Gasteiger partial charge in [0, 0.05) is 16.8 Å². The minimum absolute atomic E-state index is 0.170. The van der Waals surface area contributed by atoms with E-state index in [1.165, 1.54) is 0 Å². The fourth-order valence-corrected chi connectivity index (χ4v) is 2.69. The molecule has 0 saturated carbocycles. The molecule has 0 aliphatic carbocycles. The molecule has 0 aromatic heterocycles. The highest BCUT2D eigenvalue weighted by molar-refractivity contribution is 6.42. The number of hydrogen-bond acceptors (Lipinski definition) is 2. The van der Waals surface area contributed by atoms with Crippen LogP contribution in [0.15, 0.2) is 72.8 Å². The summed E-state index contributed by atoms with van der Waals surface area (Å²) in [5, 5.41) is 6.09. The molecule has 26 heavy (non-hydrogen) atoms. The first-order valence-electron chi connectivity index (χ1n) is 7.76. The number of carbonyl (C=O) groups is 2. The van der Waals surface area contributed by atoms with Crippen molar-refractivity contribution in [3.63, 3.8) is 0 Å². The van der Waals surface area contributed by atoms with E-state index in [0.717, 1.165) is 0 Å². The van der Waals surface area contributed by atoms with Crippen LogP contribution in [-0.2, 0) is 0 Å². The highest BCUT2D eigenvalue weighted by Crippen LogP contribution is 2.25. The Labute approximate surface area is 160 Å². The molecule has 0 atom stereocenters. The largest absolute Gasteiger partial charge is 0.323 e. The summed E-state index contributed by atoms with van der Waals surface area (Å²) < 4.78 is 0. The Balaban J connectivity index is 1.78. The SMILES string of the molecule is O=C(Nc1ccc(Cl)c(Cl)c1)Nc1ccccc1C(=O)c1ccccc1. The van der Waals surface area contributed by atoms with Crippen LogP contribution in [0, 0.1) is 0 Å². The smallest absolute Gasteiger partial charge is 0.308 e. The van der Waals surface area contributed by atoms with E-state index in [9.17, 15) is 9.59 Å². The van der Waals surface area contributed by atoms with Gasteiger partial charge in [0.05, 0.1) is 15.7 Å². The van der Waals surface area contributed by atoms with Gasteiger partial charge in [-0.3, -0.25) is 4.79 Å². The third-order valence-electron chi connectivity index (χ3n) is 3.63. The Hall–Kier alpha value is -2.82. The van der Waals surface area contributed by atoms with Gasteiger partial charge in [0.1, 0.15) is 0 Å². The van der Waals surface area contributed by atoms with Crippen LogP contribution in [0.25, 0.3) is 0 Å². The van der Waals surface area contributed by atoms with Crippen LogP contribution in [-0.4, -0.2) is 11.8 Å². The van der Waals surface area contributed by atoms with Crippen LogP contribution in [0.4, 0.5) is 16.2 Å². The molecule has 0 unspecified atom stereocenters. The maximum Gasteiger partial charge on any atom is 0.323 e. The van der Waals surface area contributed by atoms with E-state index < -0.39 is 6.03 Å². The third kappa shape index (κ3) is 4.23. The number of anilines is 2. The molecule has 3 rings (SSSR count). The number of ketones is 1. The van der Waals surface area contributed by atoms with Gasteiger partial charge >= 0.3 is 6.03 Å². The van der Waals surface area contributed by atoms with Crippen molar-refractivity contribution >= 4 is 46.4 Å². The Morgan fingerprint density at radius 1 is 0.731 bits per heavy atom. The summed E-state index contributed by atoms with van der Waals surface area (Å²) >= 11 is 11.8. The van der Waals surface area contributed by atoms with Crippen molar-refractivity contribution in [3.05, 3.63) is 94.0 Å². The molecule has 0 saturated heterocycles. The Kier molecular flexibility index (Phi) is 5.56. The second-order valence-corrected chi connectivity index (χ2v) is 6.26. The van der Waals surface area contributed by atoms with Crippen LogP contribution in [0.5, 0.6) is 0 Å². The number of nitrogens with one attached hydrogen (secondary N) is 2. The number of rotatable bonds is 4. The van der Waals surface area contributed by atoms with Gasteiger partial charge < -0.3 is 10.6 Å². The molecule has 0 bridgehead atoms. The molecule has 0 heterocycles. The monoisotopic (exact) mass is 384 g/mol. The van der Waals surface area contributed by atoms with Gasteiger partial charge in [0.15, 0.2) is 5.78 Å². The second-order valence-electron chi connectivity index (χ2n) is 5.45. The first-order valence-corrected chi connectivity index (χ1v) is 8.52. The fourth-order valence-electron chi connectivity index (χ4n) is 2.39. The zero-order chi connectivity index (χ0) is 18.5. The summed E-state index contributed by atoms with van der Waals surface area (Å²) in [6.45, 7) is 0.